The molecule has 0 atom stereocenters. The molecule has 0 aromatic carbocycles. The lowest BCUT2D eigenvalue weighted by Crippen LogP contribution is -2.23. The average Bonchev–Trinajstić information content (AvgIpc) is 2.17. The van der Waals surface area contributed by atoms with Crippen molar-refractivity contribution in [3.8, 4) is 0 Å². The summed E-state index contributed by atoms with van der Waals surface area (Å²) in [6.07, 6.45) is 1.77. The number of hydrogen-bond donors (Lipinski definition) is 2. The van der Waals surface area contributed by atoms with Gasteiger partial charge in [0.05, 0.1) is 5.02 Å². The highest BCUT2D eigenvalue weighted by molar-refractivity contribution is 6.30. The standard InChI is InChI=1S/C9H9ClN2O3/c10-7-3-6(4-11-5-7)8(13)1-2-12-9(14)15/h3-5,12H,1-2H2,(H,14,15). The fourth-order valence-electron chi connectivity index (χ4n) is 0.992. The number of rotatable bonds is 4. The molecule has 0 saturated carbocycles. The summed E-state index contributed by atoms with van der Waals surface area (Å²) in [6, 6.07) is 1.50. The molecule has 2 N–H and O–H groups in total. The molecule has 0 aliphatic heterocycles. The SMILES string of the molecule is O=C(O)NCCC(=O)c1cncc(Cl)c1. The second-order valence-corrected chi connectivity index (χ2v) is 3.23. The third-order valence-corrected chi connectivity index (χ3v) is 1.86. The van der Waals surface area contributed by atoms with Gasteiger partial charge in [0.25, 0.3) is 0 Å². The second kappa shape index (κ2) is 5.31. The number of nitrogens with one attached hydrogen (secondary N) is 1. The number of carbonyl (C=O) groups excluding carboxylic acids is 1. The minimum Gasteiger partial charge on any atom is -0.465 e. The largest absolute Gasteiger partial charge is 0.465 e. The maximum Gasteiger partial charge on any atom is 0.404 e. The molecule has 0 fully saturated rings. The summed E-state index contributed by atoms with van der Waals surface area (Å²) in [6.45, 7) is 0.0840. The van der Waals surface area contributed by atoms with Crippen LogP contribution in [-0.2, 0) is 0 Å². The monoisotopic (exact) mass is 228 g/mol. The van der Waals surface area contributed by atoms with E-state index in [0.717, 1.165) is 0 Å². The van der Waals surface area contributed by atoms with E-state index in [-0.39, 0.29) is 18.7 Å². The molecule has 0 aliphatic rings. The van der Waals surface area contributed by atoms with E-state index in [9.17, 15) is 9.59 Å². The Morgan fingerprint density at radius 1 is 1.47 bits per heavy atom. The summed E-state index contributed by atoms with van der Waals surface area (Å²) in [5.74, 6) is -0.196. The van der Waals surface area contributed by atoms with Crippen molar-refractivity contribution in [1.82, 2.24) is 10.3 Å². The number of aromatic nitrogens is 1. The van der Waals surface area contributed by atoms with Crippen LogP contribution in [0.5, 0.6) is 0 Å². The van der Waals surface area contributed by atoms with E-state index in [1.165, 1.54) is 18.5 Å². The van der Waals surface area contributed by atoms with Crippen LogP contribution >= 0.6 is 11.6 Å². The zero-order valence-corrected chi connectivity index (χ0v) is 8.49. The molecular weight excluding hydrogens is 220 g/mol. The Bertz CT molecular complexity index is 381. The van der Waals surface area contributed by atoms with Crippen LogP contribution in [0.2, 0.25) is 5.02 Å². The molecule has 1 amide bonds. The van der Waals surface area contributed by atoms with Crippen molar-refractivity contribution >= 4 is 23.5 Å². The van der Waals surface area contributed by atoms with E-state index < -0.39 is 6.09 Å². The zero-order chi connectivity index (χ0) is 11.3. The van der Waals surface area contributed by atoms with Crippen molar-refractivity contribution in [2.75, 3.05) is 6.54 Å². The van der Waals surface area contributed by atoms with E-state index in [2.05, 4.69) is 10.3 Å². The van der Waals surface area contributed by atoms with Gasteiger partial charge >= 0.3 is 6.09 Å². The number of halogens is 1. The van der Waals surface area contributed by atoms with Gasteiger partial charge in [-0.15, -0.1) is 0 Å². The first kappa shape index (κ1) is 11.5. The average molecular weight is 229 g/mol. The highest BCUT2D eigenvalue weighted by Crippen LogP contribution is 2.09. The van der Waals surface area contributed by atoms with Crippen molar-refractivity contribution in [3.63, 3.8) is 0 Å². The first-order valence-corrected chi connectivity index (χ1v) is 4.58. The van der Waals surface area contributed by atoms with Crippen molar-refractivity contribution in [2.24, 2.45) is 0 Å². The molecule has 0 bridgehead atoms. The third kappa shape index (κ3) is 3.95. The lowest BCUT2D eigenvalue weighted by Gasteiger charge is -2.01. The van der Waals surface area contributed by atoms with E-state index >= 15 is 0 Å². The van der Waals surface area contributed by atoms with Gasteiger partial charge in [0.1, 0.15) is 0 Å². The quantitative estimate of drug-likeness (QED) is 0.767. The lowest BCUT2D eigenvalue weighted by molar-refractivity contribution is 0.0982. The molecule has 80 valence electrons. The highest BCUT2D eigenvalue weighted by atomic mass is 35.5. The Labute approximate surface area is 91.1 Å². The Kier molecular flexibility index (Phi) is 4.05. The van der Waals surface area contributed by atoms with E-state index in [1.807, 2.05) is 0 Å². The van der Waals surface area contributed by atoms with Crippen LogP contribution in [0.1, 0.15) is 16.8 Å². The normalized spacial score (nSPS) is 9.67. The number of ketones is 1. The maximum atomic E-state index is 11.4. The molecule has 5 nitrogen and oxygen atoms in total. The fraction of sp³-hybridized carbons (Fsp3) is 0.222. The molecule has 0 saturated heterocycles. The lowest BCUT2D eigenvalue weighted by atomic mass is 10.1. The Hall–Kier alpha value is -1.62. The van der Waals surface area contributed by atoms with Gasteiger partial charge < -0.3 is 10.4 Å². The van der Waals surface area contributed by atoms with Crippen LogP contribution < -0.4 is 5.32 Å². The summed E-state index contributed by atoms with van der Waals surface area (Å²) in [5, 5.41) is 10.8. The van der Waals surface area contributed by atoms with Crippen LogP contribution in [0, 0.1) is 0 Å². The van der Waals surface area contributed by atoms with Crippen LogP contribution in [0.4, 0.5) is 4.79 Å². The molecular formula is C9H9ClN2O3. The number of carboxylic acid groups (broad SMARTS) is 1. The smallest absolute Gasteiger partial charge is 0.404 e. The van der Waals surface area contributed by atoms with Crippen LogP contribution in [0.25, 0.3) is 0 Å². The minimum atomic E-state index is -1.15. The molecule has 1 rings (SSSR count). The predicted octanol–water partition coefficient (Wildman–Crippen LogP) is 1.58. The summed E-state index contributed by atoms with van der Waals surface area (Å²) in [7, 11) is 0. The second-order valence-electron chi connectivity index (χ2n) is 2.80. The summed E-state index contributed by atoms with van der Waals surface area (Å²) in [4.78, 5) is 25.3. The van der Waals surface area contributed by atoms with Gasteiger partial charge in [0.15, 0.2) is 5.78 Å². The third-order valence-electron chi connectivity index (χ3n) is 1.66. The number of pyridine rings is 1. The predicted molar refractivity (Wildman–Crippen MR) is 54.2 cm³/mol. The van der Waals surface area contributed by atoms with E-state index in [4.69, 9.17) is 16.7 Å². The topological polar surface area (TPSA) is 79.3 Å². The van der Waals surface area contributed by atoms with Crippen molar-refractivity contribution in [1.29, 1.82) is 0 Å². The first-order valence-electron chi connectivity index (χ1n) is 4.20. The number of nitrogens with zero attached hydrogens (tertiary/aromatic N) is 1. The van der Waals surface area contributed by atoms with E-state index in [1.54, 1.807) is 0 Å². The molecule has 1 aromatic heterocycles. The highest BCUT2D eigenvalue weighted by Gasteiger charge is 2.07. The van der Waals surface area contributed by atoms with Crippen LogP contribution in [0.15, 0.2) is 18.5 Å². The molecule has 0 aliphatic carbocycles. The van der Waals surface area contributed by atoms with Gasteiger partial charge in [-0.2, -0.15) is 0 Å². The number of hydrogen-bond acceptors (Lipinski definition) is 3. The molecule has 0 radical (unpaired) electrons. The Balaban J connectivity index is 2.50. The van der Waals surface area contributed by atoms with Gasteiger partial charge in [-0.05, 0) is 6.07 Å². The first-order chi connectivity index (χ1) is 7.09. The zero-order valence-electron chi connectivity index (χ0n) is 7.74. The molecule has 1 heterocycles. The fourth-order valence-corrected chi connectivity index (χ4v) is 1.17. The Morgan fingerprint density at radius 2 is 2.20 bits per heavy atom. The molecule has 6 heteroatoms. The van der Waals surface area contributed by atoms with Gasteiger partial charge in [0, 0.05) is 30.9 Å². The van der Waals surface area contributed by atoms with Gasteiger partial charge in [0.2, 0.25) is 0 Å². The van der Waals surface area contributed by atoms with Crippen molar-refractivity contribution in [3.05, 3.63) is 29.0 Å². The number of amides is 1. The minimum absolute atomic E-state index is 0.0840. The van der Waals surface area contributed by atoms with Gasteiger partial charge in [-0.25, -0.2) is 4.79 Å². The van der Waals surface area contributed by atoms with Crippen LogP contribution in [-0.4, -0.2) is 28.5 Å². The summed E-state index contributed by atoms with van der Waals surface area (Å²) in [5.41, 5.74) is 0.384. The van der Waals surface area contributed by atoms with Gasteiger partial charge in [-0.1, -0.05) is 11.6 Å². The molecule has 1 aromatic rings. The number of Topliss-reactive ketones (excluding diaryl/α,β-unsaturated/α-hetero) is 1. The molecule has 0 unspecified atom stereocenters. The van der Waals surface area contributed by atoms with Crippen LogP contribution in [0.3, 0.4) is 0 Å². The van der Waals surface area contributed by atoms with Gasteiger partial charge in [-0.3, -0.25) is 9.78 Å². The van der Waals surface area contributed by atoms with Crippen molar-refractivity contribution in [2.45, 2.75) is 6.42 Å². The molecule has 15 heavy (non-hydrogen) atoms. The number of carbonyl (C=O) groups is 2. The molecule has 0 spiro atoms. The van der Waals surface area contributed by atoms with E-state index in [0.29, 0.717) is 10.6 Å². The van der Waals surface area contributed by atoms with Crippen molar-refractivity contribution < 1.29 is 14.7 Å². The maximum absolute atomic E-state index is 11.4. The summed E-state index contributed by atoms with van der Waals surface area (Å²) >= 11 is 5.65. The Morgan fingerprint density at radius 3 is 2.80 bits per heavy atom. The summed E-state index contributed by atoms with van der Waals surface area (Å²) < 4.78 is 0.